The highest BCUT2D eigenvalue weighted by atomic mass is 32.1. The second-order valence-electron chi connectivity index (χ2n) is 10.2. The zero-order chi connectivity index (χ0) is 26.8. The van der Waals surface area contributed by atoms with Crippen LogP contribution in [0.4, 0.5) is 16.8 Å². The first-order chi connectivity index (χ1) is 18.9. The SMILES string of the molecule is CC(=O)Nc1nc2ccc(C3=[N+](Cc4cc5cccc(C)c5c(=O)n4C4CCC4)c4ncnc(N)c43)cc2s1. The Morgan fingerprint density at radius 3 is 2.82 bits per heavy atom. The number of nitrogens with zero attached hydrogens (tertiary/aromatic N) is 5. The Morgan fingerprint density at radius 1 is 1.21 bits per heavy atom. The molecule has 1 aliphatic carbocycles. The smallest absolute Gasteiger partial charge is 0.341 e. The number of pyridine rings is 1. The maximum Gasteiger partial charge on any atom is 0.341 e. The third kappa shape index (κ3) is 3.74. The minimum Gasteiger partial charge on any atom is -0.383 e. The largest absolute Gasteiger partial charge is 0.383 e. The molecule has 3 aromatic heterocycles. The number of amides is 1. The fourth-order valence-electron chi connectivity index (χ4n) is 5.67. The number of aryl methyl sites for hydroxylation is 1. The summed E-state index contributed by atoms with van der Waals surface area (Å²) in [5, 5.41) is 5.07. The lowest BCUT2D eigenvalue weighted by Crippen LogP contribution is -2.36. The van der Waals surface area contributed by atoms with Crippen molar-refractivity contribution in [3.8, 4) is 0 Å². The van der Waals surface area contributed by atoms with Crippen LogP contribution in [-0.4, -0.2) is 35.7 Å². The summed E-state index contributed by atoms with van der Waals surface area (Å²) in [4.78, 5) is 38.7. The van der Waals surface area contributed by atoms with Gasteiger partial charge < -0.3 is 15.6 Å². The average molecular weight is 537 g/mol. The number of benzene rings is 2. The molecule has 194 valence electrons. The Bertz CT molecular complexity index is 1930. The molecular weight excluding hydrogens is 510 g/mol. The third-order valence-corrected chi connectivity index (χ3v) is 8.63. The lowest BCUT2D eigenvalue weighted by molar-refractivity contribution is -0.474. The van der Waals surface area contributed by atoms with Gasteiger partial charge >= 0.3 is 5.82 Å². The lowest BCUT2D eigenvalue weighted by atomic mass is 9.91. The highest BCUT2D eigenvalue weighted by molar-refractivity contribution is 7.22. The van der Waals surface area contributed by atoms with E-state index in [1.807, 2.05) is 41.8 Å². The Morgan fingerprint density at radius 2 is 2.05 bits per heavy atom. The summed E-state index contributed by atoms with van der Waals surface area (Å²) in [6.07, 6.45) is 4.62. The van der Waals surface area contributed by atoms with E-state index >= 15 is 0 Å². The molecule has 0 unspecified atom stereocenters. The number of nitrogen functional groups attached to an aromatic ring is 1. The van der Waals surface area contributed by atoms with E-state index in [1.54, 1.807) is 0 Å². The molecule has 4 heterocycles. The minimum atomic E-state index is -0.157. The van der Waals surface area contributed by atoms with Crippen LogP contribution in [0.3, 0.4) is 0 Å². The zero-order valence-electron chi connectivity index (χ0n) is 21.6. The van der Waals surface area contributed by atoms with Gasteiger partial charge in [-0.2, -0.15) is 4.98 Å². The minimum absolute atomic E-state index is 0.0754. The second-order valence-corrected chi connectivity index (χ2v) is 11.2. The summed E-state index contributed by atoms with van der Waals surface area (Å²) in [5.41, 5.74) is 11.8. The first kappa shape index (κ1) is 23.7. The number of fused-ring (bicyclic) bond motifs is 3. The van der Waals surface area contributed by atoms with Crippen molar-refractivity contribution in [1.82, 2.24) is 19.5 Å². The molecule has 5 aromatic rings. The molecular formula is C29H26N7O2S+. The molecule has 7 rings (SSSR count). The van der Waals surface area contributed by atoms with E-state index in [4.69, 9.17) is 5.73 Å². The number of carbonyl (C=O) groups excluding carboxylic acids is 1. The number of nitrogens with two attached hydrogens (primary N) is 1. The van der Waals surface area contributed by atoms with E-state index in [0.717, 1.165) is 74.2 Å². The van der Waals surface area contributed by atoms with E-state index in [-0.39, 0.29) is 17.5 Å². The molecule has 0 radical (unpaired) electrons. The van der Waals surface area contributed by atoms with Crippen LogP contribution in [0, 0.1) is 6.92 Å². The molecule has 1 aliphatic heterocycles. The van der Waals surface area contributed by atoms with Crippen molar-refractivity contribution in [2.24, 2.45) is 0 Å². The summed E-state index contributed by atoms with van der Waals surface area (Å²) >= 11 is 1.42. The second kappa shape index (κ2) is 8.81. The predicted octanol–water partition coefficient (Wildman–Crippen LogP) is 4.67. The number of hydrogen-bond acceptors (Lipinski definition) is 7. The van der Waals surface area contributed by atoms with Gasteiger partial charge in [0.25, 0.3) is 5.56 Å². The fraction of sp³-hybridized carbons (Fsp3) is 0.241. The van der Waals surface area contributed by atoms with E-state index in [1.165, 1.54) is 24.6 Å². The van der Waals surface area contributed by atoms with Crippen LogP contribution >= 0.6 is 11.3 Å². The number of rotatable bonds is 5. The van der Waals surface area contributed by atoms with Gasteiger partial charge in [-0.1, -0.05) is 29.5 Å². The highest BCUT2D eigenvalue weighted by Gasteiger charge is 2.40. The molecule has 0 saturated heterocycles. The van der Waals surface area contributed by atoms with Gasteiger partial charge in [0.2, 0.25) is 12.2 Å². The maximum atomic E-state index is 13.8. The van der Waals surface area contributed by atoms with Crippen LogP contribution < -0.4 is 16.6 Å². The number of carbonyl (C=O) groups is 1. The molecule has 2 aliphatic rings. The molecule has 1 fully saturated rings. The Kier molecular flexibility index (Phi) is 5.34. The lowest BCUT2D eigenvalue weighted by Gasteiger charge is -2.31. The van der Waals surface area contributed by atoms with E-state index in [2.05, 4.69) is 37.0 Å². The van der Waals surface area contributed by atoms with Crippen molar-refractivity contribution in [3.05, 3.63) is 81.5 Å². The number of nitrogens with one attached hydrogen (secondary N) is 1. The molecule has 2 aromatic carbocycles. The molecule has 1 saturated carbocycles. The Balaban J connectivity index is 1.39. The quantitative estimate of drug-likeness (QED) is 0.315. The van der Waals surface area contributed by atoms with Gasteiger partial charge in [0.1, 0.15) is 12.4 Å². The number of thiazole rings is 1. The summed E-state index contributed by atoms with van der Waals surface area (Å²) < 4.78 is 5.07. The van der Waals surface area contributed by atoms with Gasteiger partial charge in [-0.15, -0.1) is 0 Å². The van der Waals surface area contributed by atoms with Crippen LogP contribution in [0.25, 0.3) is 21.0 Å². The van der Waals surface area contributed by atoms with Gasteiger partial charge in [-0.3, -0.25) is 9.59 Å². The number of aromatic nitrogens is 4. The van der Waals surface area contributed by atoms with Crippen LogP contribution in [0.2, 0.25) is 0 Å². The number of anilines is 2. The summed E-state index contributed by atoms with van der Waals surface area (Å²) in [7, 11) is 0. The zero-order valence-corrected chi connectivity index (χ0v) is 22.4. The predicted molar refractivity (Wildman–Crippen MR) is 153 cm³/mol. The third-order valence-electron chi connectivity index (χ3n) is 7.69. The topological polar surface area (TPSA) is 119 Å². The average Bonchev–Trinajstić information content (AvgIpc) is 3.25. The van der Waals surface area contributed by atoms with Gasteiger partial charge in [0.05, 0.1) is 21.3 Å². The Labute approximate surface area is 227 Å². The molecule has 0 bridgehead atoms. The van der Waals surface area contributed by atoms with Gasteiger partial charge in [-0.05, 0) is 66.4 Å². The van der Waals surface area contributed by atoms with Gasteiger partial charge in [-0.25, -0.2) is 9.56 Å². The number of hydrogen-bond donors (Lipinski definition) is 2. The maximum absolute atomic E-state index is 13.8. The monoisotopic (exact) mass is 536 g/mol. The first-order valence-corrected chi connectivity index (χ1v) is 13.8. The van der Waals surface area contributed by atoms with Crippen molar-refractivity contribution >= 4 is 60.7 Å². The molecule has 39 heavy (non-hydrogen) atoms. The highest BCUT2D eigenvalue weighted by Crippen LogP contribution is 2.38. The Hall–Kier alpha value is -4.44. The molecule has 3 N–H and O–H groups in total. The molecule has 0 spiro atoms. The van der Waals surface area contributed by atoms with Crippen molar-refractivity contribution in [2.75, 3.05) is 11.1 Å². The fourth-order valence-corrected chi connectivity index (χ4v) is 6.62. The van der Waals surface area contributed by atoms with Crippen molar-refractivity contribution < 1.29 is 9.37 Å². The van der Waals surface area contributed by atoms with Crippen molar-refractivity contribution in [1.29, 1.82) is 0 Å². The van der Waals surface area contributed by atoms with E-state index in [0.29, 0.717) is 17.5 Å². The van der Waals surface area contributed by atoms with Crippen LogP contribution in [-0.2, 0) is 11.3 Å². The summed E-state index contributed by atoms with van der Waals surface area (Å²) in [5.74, 6) is 1.01. The van der Waals surface area contributed by atoms with Gasteiger partial charge in [0, 0.05) is 18.5 Å². The summed E-state index contributed by atoms with van der Waals surface area (Å²) in [6, 6.07) is 14.4. The standard InChI is InChI=1S/C29H25N7O2S/c1-15-5-3-6-17-11-20(36(19-7-4-8-19)28(38)23(15)17)13-35-25(24-26(30)31-14-32-27(24)35)18-9-10-21-22(12-18)39-29(34-21)33-16(2)37/h3,5-6,9-12,14,19H,4,7-8,13H2,1-2H3,(H2,30,31,32,33,34,37)/p+1. The normalized spacial score (nSPS) is 14.8. The molecule has 9 nitrogen and oxygen atoms in total. The van der Waals surface area contributed by atoms with Crippen LogP contribution in [0.15, 0.2) is 53.6 Å². The molecule has 1 amide bonds. The summed E-state index contributed by atoms with van der Waals surface area (Å²) in [6.45, 7) is 3.95. The van der Waals surface area contributed by atoms with E-state index < -0.39 is 0 Å². The van der Waals surface area contributed by atoms with Crippen molar-refractivity contribution in [3.63, 3.8) is 0 Å². The molecule has 0 atom stereocenters. The molecule has 10 heteroatoms. The first-order valence-electron chi connectivity index (χ1n) is 13.0. The van der Waals surface area contributed by atoms with Crippen LogP contribution in [0.1, 0.15) is 54.6 Å². The van der Waals surface area contributed by atoms with Crippen molar-refractivity contribution in [2.45, 2.75) is 45.7 Å². The van der Waals surface area contributed by atoms with Gasteiger partial charge in [0.15, 0.2) is 16.4 Å². The van der Waals surface area contributed by atoms with Crippen LogP contribution in [0.5, 0.6) is 0 Å². The van der Waals surface area contributed by atoms with E-state index in [9.17, 15) is 9.59 Å².